The average molecular weight is 378 g/mol. The maximum absolute atomic E-state index is 10.9. The minimum absolute atomic E-state index is 0.118. The summed E-state index contributed by atoms with van der Waals surface area (Å²) in [6, 6.07) is 8.72. The van der Waals surface area contributed by atoms with Gasteiger partial charge in [-0.05, 0) is 41.7 Å². The molecule has 0 atom stereocenters. The summed E-state index contributed by atoms with van der Waals surface area (Å²) < 4.78 is 5.16. The Morgan fingerprint density at radius 3 is 2.43 bits per heavy atom. The van der Waals surface area contributed by atoms with Crippen molar-refractivity contribution in [1.29, 1.82) is 0 Å². The standard InChI is InChI=1S/C12H12N2O2.C9H10N2O/c1-8(2)9-5-6-11(14(15)16)10-4-3-7-13-12(9)10;1-6(2)8-7-3-4-12-9(7)11-5-10-8/h3-8H,1-2H3;3-6H,1-2H3. The second-order valence-electron chi connectivity index (χ2n) is 7.04. The van der Waals surface area contributed by atoms with Crippen molar-refractivity contribution in [3.63, 3.8) is 0 Å². The molecular formula is C21H22N4O3. The topological polar surface area (TPSA) is 95.0 Å². The molecule has 4 rings (SSSR count). The number of non-ortho nitro benzene ring substituents is 1. The summed E-state index contributed by atoms with van der Waals surface area (Å²) in [6.07, 6.45) is 4.85. The Hall–Kier alpha value is -3.35. The van der Waals surface area contributed by atoms with Gasteiger partial charge < -0.3 is 4.42 Å². The van der Waals surface area contributed by atoms with Gasteiger partial charge in [0.25, 0.3) is 5.69 Å². The molecule has 7 heteroatoms. The van der Waals surface area contributed by atoms with E-state index in [0.717, 1.165) is 22.2 Å². The van der Waals surface area contributed by atoms with Crippen LogP contribution in [0.5, 0.6) is 0 Å². The third kappa shape index (κ3) is 3.83. The lowest BCUT2D eigenvalue weighted by molar-refractivity contribution is -0.383. The predicted octanol–water partition coefficient (Wildman–Crippen LogP) is 5.61. The van der Waals surface area contributed by atoms with Crippen LogP contribution >= 0.6 is 0 Å². The van der Waals surface area contributed by atoms with Gasteiger partial charge in [0, 0.05) is 12.3 Å². The molecule has 0 saturated heterocycles. The first-order valence-corrected chi connectivity index (χ1v) is 9.10. The summed E-state index contributed by atoms with van der Waals surface area (Å²) in [5.41, 5.74) is 3.61. The van der Waals surface area contributed by atoms with E-state index in [1.807, 2.05) is 6.07 Å². The molecule has 3 heterocycles. The molecule has 0 unspecified atom stereocenters. The van der Waals surface area contributed by atoms with E-state index in [-0.39, 0.29) is 10.6 Å². The summed E-state index contributed by atoms with van der Waals surface area (Å²) >= 11 is 0. The third-order valence-electron chi connectivity index (χ3n) is 4.44. The van der Waals surface area contributed by atoms with E-state index in [9.17, 15) is 10.1 Å². The molecule has 3 aromatic heterocycles. The van der Waals surface area contributed by atoms with E-state index in [1.165, 1.54) is 0 Å². The Labute approximate surface area is 162 Å². The monoisotopic (exact) mass is 378 g/mol. The van der Waals surface area contributed by atoms with Crippen LogP contribution in [0.1, 0.15) is 50.8 Å². The van der Waals surface area contributed by atoms with Crippen LogP contribution in [0.15, 0.2) is 53.5 Å². The van der Waals surface area contributed by atoms with E-state index >= 15 is 0 Å². The zero-order valence-corrected chi connectivity index (χ0v) is 16.3. The van der Waals surface area contributed by atoms with Crippen LogP contribution < -0.4 is 0 Å². The second kappa shape index (κ2) is 8.12. The molecule has 0 fully saturated rings. The maximum Gasteiger partial charge on any atom is 0.278 e. The van der Waals surface area contributed by atoms with Crippen molar-refractivity contribution in [2.24, 2.45) is 0 Å². The number of aromatic nitrogens is 3. The number of furan rings is 1. The second-order valence-corrected chi connectivity index (χ2v) is 7.04. The molecule has 144 valence electrons. The zero-order valence-electron chi connectivity index (χ0n) is 16.3. The first-order valence-electron chi connectivity index (χ1n) is 9.10. The summed E-state index contributed by atoms with van der Waals surface area (Å²) in [7, 11) is 0. The highest BCUT2D eigenvalue weighted by Crippen LogP contribution is 2.30. The number of pyridine rings is 1. The molecule has 0 aliphatic rings. The lowest BCUT2D eigenvalue weighted by atomic mass is 9.99. The SMILES string of the molecule is CC(C)c1ccc([N+](=O)[O-])c2cccnc12.CC(C)c1ncnc2occc12. The molecule has 0 saturated carbocycles. The van der Waals surface area contributed by atoms with Crippen molar-refractivity contribution in [1.82, 2.24) is 15.0 Å². The quantitative estimate of drug-likeness (QED) is 0.339. The number of benzene rings is 1. The fourth-order valence-electron chi connectivity index (χ4n) is 3.07. The van der Waals surface area contributed by atoms with Gasteiger partial charge in [0.15, 0.2) is 0 Å². The molecule has 0 spiro atoms. The molecule has 0 N–H and O–H groups in total. The van der Waals surface area contributed by atoms with Crippen molar-refractivity contribution in [3.8, 4) is 0 Å². The Morgan fingerprint density at radius 2 is 1.75 bits per heavy atom. The maximum atomic E-state index is 10.9. The molecule has 0 bridgehead atoms. The van der Waals surface area contributed by atoms with Crippen LogP contribution in [0.4, 0.5) is 5.69 Å². The van der Waals surface area contributed by atoms with Gasteiger partial charge in [-0.25, -0.2) is 9.97 Å². The van der Waals surface area contributed by atoms with Crippen LogP contribution in [-0.2, 0) is 0 Å². The van der Waals surface area contributed by atoms with Gasteiger partial charge in [0.1, 0.15) is 6.33 Å². The summed E-state index contributed by atoms with van der Waals surface area (Å²) in [5.74, 6) is 0.714. The Balaban J connectivity index is 0.000000167. The predicted molar refractivity (Wildman–Crippen MR) is 108 cm³/mol. The minimum Gasteiger partial charge on any atom is -0.446 e. The van der Waals surface area contributed by atoms with Gasteiger partial charge in [0.05, 0.1) is 33.2 Å². The molecule has 28 heavy (non-hydrogen) atoms. The van der Waals surface area contributed by atoms with Crippen LogP contribution in [-0.4, -0.2) is 19.9 Å². The molecule has 1 aromatic carbocycles. The lowest BCUT2D eigenvalue weighted by Gasteiger charge is -2.08. The molecule has 0 aliphatic carbocycles. The summed E-state index contributed by atoms with van der Waals surface area (Å²) in [4.78, 5) is 23.0. The van der Waals surface area contributed by atoms with Crippen molar-refractivity contribution in [2.45, 2.75) is 39.5 Å². The molecular weight excluding hydrogens is 356 g/mol. The highest BCUT2D eigenvalue weighted by atomic mass is 16.6. The van der Waals surface area contributed by atoms with Crippen LogP contribution in [0.25, 0.3) is 22.0 Å². The Kier molecular flexibility index (Phi) is 5.63. The van der Waals surface area contributed by atoms with Crippen molar-refractivity contribution in [3.05, 3.63) is 70.5 Å². The largest absolute Gasteiger partial charge is 0.446 e. The highest BCUT2D eigenvalue weighted by molar-refractivity contribution is 5.90. The molecule has 0 amide bonds. The van der Waals surface area contributed by atoms with Crippen LogP contribution in [0, 0.1) is 10.1 Å². The number of nitrogens with zero attached hydrogens (tertiary/aromatic N) is 4. The zero-order chi connectivity index (χ0) is 20.3. The van der Waals surface area contributed by atoms with Gasteiger partial charge in [-0.1, -0.05) is 27.7 Å². The van der Waals surface area contributed by atoms with Crippen molar-refractivity contribution in [2.75, 3.05) is 0 Å². The van der Waals surface area contributed by atoms with Gasteiger partial charge in [-0.2, -0.15) is 0 Å². The molecule has 0 aliphatic heterocycles. The van der Waals surface area contributed by atoms with Crippen molar-refractivity contribution >= 4 is 27.7 Å². The molecule has 4 aromatic rings. The highest BCUT2D eigenvalue weighted by Gasteiger charge is 2.15. The summed E-state index contributed by atoms with van der Waals surface area (Å²) in [5, 5.41) is 12.5. The fraction of sp³-hybridized carbons (Fsp3) is 0.286. The molecule has 0 radical (unpaired) electrons. The van der Waals surface area contributed by atoms with Crippen LogP contribution in [0.2, 0.25) is 0 Å². The smallest absolute Gasteiger partial charge is 0.278 e. The Morgan fingerprint density at radius 1 is 0.964 bits per heavy atom. The summed E-state index contributed by atoms with van der Waals surface area (Å²) in [6.45, 7) is 8.31. The third-order valence-corrected chi connectivity index (χ3v) is 4.44. The first-order chi connectivity index (χ1) is 13.4. The lowest BCUT2D eigenvalue weighted by Crippen LogP contribution is -1.96. The minimum atomic E-state index is -0.367. The van der Waals surface area contributed by atoms with Gasteiger partial charge in [0.2, 0.25) is 5.71 Å². The number of fused-ring (bicyclic) bond motifs is 2. The van der Waals surface area contributed by atoms with E-state index in [0.29, 0.717) is 22.9 Å². The van der Waals surface area contributed by atoms with E-state index < -0.39 is 0 Å². The van der Waals surface area contributed by atoms with Gasteiger partial charge in [-0.15, -0.1) is 0 Å². The van der Waals surface area contributed by atoms with E-state index in [4.69, 9.17) is 4.42 Å². The number of nitro benzene ring substituents is 1. The van der Waals surface area contributed by atoms with Gasteiger partial charge in [-0.3, -0.25) is 15.1 Å². The van der Waals surface area contributed by atoms with Gasteiger partial charge >= 0.3 is 0 Å². The Bertz CT molecular complexity index is 1120. The number of hydrogen-bond donors (Lipinski definition) is 0. The van der Waals surface area contributed by atoms with Crippen LogP contribution in [0.3, 0.4) is 0 Å². The van der Waals surface area contributed by atoms with E-state index in [2.05, 4.69) is 42.6 Å². The first kappa shape index (κ1) is 19.4. The molecule has 7 nitrogen and oxygen atoms in total. The van der Waals surface area contributed by atoms with Crippen molar-refractivity contribution < 1.29 is 9.34 Å². The normalized spacial score (nSPS) is 11.1. The van der Waals surface area contributed by atoms with E-state index in [1.54, 1.807) is 43.1 Å². The number of hydrogen-bond acceptors (Lipinski definition) is 6. The number of rotatable bonds is 3. The number of nitro groups is 1. The fourth-order valence-corrected chi connectivity index (χ4v) is 3.07. The average Bonchev–Trinajstić information content (AvgIpc) is 3.16.